The van der Waals surface area contributed by atoms with E-state index in [2.05, 4.69) is 59.6 Å². The SMILES string of the molecule is C/C(=C\CCO[Si](C)(C)C(C)(C)C)C1=C[C@H](O)CCC1(O)C(O)[Si](C)(C)C. The van der Waals surface area contributed by atoms with Crippen LogP contribution in [0.15, 0.2) is 23.3 Å². The first-order chi connectivity index (χ1) is 12.0. The average molecular weight is 415 g/mol. The maximum atomic E-state index is 11.4. The number of rotatable bonds is 7. The molecule has 0 aromatic heterocycles. The first-order valence-corrected chi connectivity index (χ1v) is 16.6. The van der Waals surface area contributed by atoms with E-state index in [0.717, 1.165) is 12.0 Å². The molecule has 0 radical (unpaired) electrons. The zero-order valence-electron chi connectivity index (χ0n) is 18.9. The van der Waals surface area contributed by atoms with Crippen molar-refractivity contribution in [1.29, 1.82) is 0 Å². The molecule has 0 aromatic carbocycles. The van der Waals surface area contributed by atoms with Crippen LogP contribution in [-0.2, 0) is 4.43 Å². The van der Waals surface area contributed by atoms with Crippen LogP contribution >= 0.6 is 0 Å². The highest BCUT2D eigenvalue weighted by Crippen LogP contribution is 2.40. The lowest BCUT2D eigenvalue weighted by atomic mass is 9.79. The minimum absolute atomic E-state index is 0.184. The highest BCUT2D eigenvalue weighted by molar-refractivity contribution is 6.77. The van der Waals surface area contributed by atoms with E-state index in [-0.39, 0.29) is 5.04 Å². The molecule has 0 spiro atoms. The van der Waals surface area contributed by atoms with Crippen LogP contribution in [-0.4, -0.2) is 55.7 Å². The van der Waals surface area contributed by atoms with Crippen LogP contribution in [0.3, 0.4) is 0 Å². The molecule has 2 unspecified atom stereocenters. The molecule has 158 valence electrons. The van der Waals surface area contributed by atoms with Gasteiger partial charge in [0.25, 0.3) is 0 Å². The van der Waals surface area contributed by atoms with E-state index in [1.165, 1.54) is 0 Å². The monoisotopic (exact) mass is 414 g/mol. The molecule has 1 rings (SSSR count). The van der Waals surface area contributed by atoms with Gasteiger partial charge < -0.3 is 19.7 Å². The summed E-state index contributed by atoms with van der Waals surface area (Å²) in [5.74, 6) is 0. The minimum atomic E-state index is -1.98. The lowest BCUT2D eigenvalue weighted by molar-refractivity contribution is -0.0305. The molecule has 0 aromatic rings. The van der Waals surface area contributed by atoms with E-state index in [0.29, 0.717) is 25.0 Å². The molecule has 3 N–H and O–H groups in total. The molecule has 0 saturated carbocycles. The molecule has 0 bridgehead atoms. The summed E-state index contributed by atoms with van der Waals surface area (Å²) >= 11 is 0. The third-order valence-corrected chi connectivity index (χ3v) is 12.8. The lowest BCUT2D eigenvalue weighted by Crippen LogP contribution is -2.58. The Labute approximate surface area is 168 Å². The number of aliphatic hydroxyl groups is 3. The van der Waals surface area contributed by atoms with Crippen LogP contribution in [0.4, 0.5) is 0 Å². The maximum Gasteiger partial charge on any atom is 0.191 e. The number of hydrogen-bond donors (Lipinski definition) is 3. The summed E-state index contributed by atoms with van der Waals surface area (Å²) in [7, 11) is -3.74. The normalized spacial score (nSPS) is 26.7. The standard InChI is InChI=1S/C21H42O4Si2/c1-16(11-10-14-25-27(8,9)20(2,3)4)18-15-17(22)12-13-21(18,24)19(23)26(5,6)7/h11,15,17,19,22-24H,10,12-14H2,1-9H3/b16-11+/t17-,19?,21?/m1/s1. The highest BCUT2D eigenvalue weighted by atomic mass is 28.4. The van der Waals surface area contributed by atoms with Crippen LogP contribution in [0.5, 0.6) is 0 Å². The van der Waals surface area contributed by atoms with Crippen molar-refractivity contribution >= 4 is 16.4 Å². The summed E-state index contributed by atoms with van der Waals surface area (Å²) in [6.45, 7) is 20.0. The summed E-state index contributed by atoms with van der Waals surface area (Å²) in [5.41, 5.74) is -0.434. The molecule has 0 saturated heterocycles. The molecule has 0 amide bonds. The van der Waals surface area contributed by atoms with Gasteiger partial charge in [-0.25, -0.2) is 0 Å². The molecule has 27 heavy (non-hydrogen) atoms. The molecular formula is C21H42O4Si2. The molecule has 0 heterocycles. The lowest BCUT2D eigenvalue weighted by Gasteiger charge is -2.44. The Bertz CT molecular complexity index is 570. The summed E-state index contributed by atoms with van der Waals surface area (Å²) in [6.07, 6.45) is 4.85. The largest absolute Gasteiger partial charge is 0.417 e. The smallest absolute Gasteiger partial charge is 0.191 e. The van der Waals surface area contributed by atoms with Gasteiger partial charge in [-0.3, -0.25) is 0 Å². The fourth-order valence-corrected chi connectivity index (χ4v) is 6.11. The van der Waals surface area contributed by atoms with Gasteiger partial charge in [0.15, 0.2) is 8.32 Å². The molecule has 0 fully saturated rings. The number of aliphatic hydroxyl groups excluding tert-OH is 2. The first-order valence-electron chi connectivity index (χ1n) is 10.1. The van der Waals surface area contributed by atoms with Gasteiger partial charge in [-0.2, -0.15) is 0 Å². The van der Waals surface area contributed by atoms with E-state index in [4.69, 9.17) is 4.43 Å². The van der Waals surface area contributed by atoms with Gasteiger partial charge in [-0.05, 0) is 61.5 Å². The average Bonchev–Trinajstić information content (AvgIpc) is 2.51. The van der Waals surface area contributed by atoms with Crippen molar-refractivity contribution in [2.75, 3.05) is 6.61 Å². The Hall–Kier alpha value is -0.246. The Morgan fingerprint density at radius 3 is 2.33 bits per heavy atom. The maximum absolute atomic E-state index is 11.4. The highest BCUT2D eigenvalue weighted by Gasteiger charge is 2.47. The second kappa shape index (κ2) is 8.63. The second-order valence-electron chi connectivity index (χ2n) is 10.7. The van der Waals surface area contributed by atoms with Gasteiger partial charge in [-0.15, -0.1) is 0 Å². The molecule has 1 aliphatic carbocycles. The van der Waals surface area contributed by atoms with Crippen molar-refractivity contribution in [3.63, 3.8) is 0 Å². The predicted molar refractivity (Wildman–Crippen MR) is 119 cm³/mol. The van der Waals surface area contributed by atoms with Gasteiger partial charge in [-0.1, -0.05) is 46.5 Å². The Kier molecular flexibility index (Phi) is 7.93. The minimum Gasteiger partial charge on any atom is -0.417 e. The van der Waals surface area contributed by atoms with Crippen molar-refractivity contribution in [1.82, 2.24) is 0 Å². The van der Waals surface area contributed by atoms with Gasteiger partial charge in [0.2, 0.25) is 0 Å². The van der Waals surface area contributed by atoms with E-state index >= 15 is 0 Å². The summed E-state index contributed by atoms with van der Waals surface area (Å²) < 4.78 is 6.23. The second-order valence-corrected chi connectivity index (χ2v) is 20.8. The topological polar surface area (TPSA) is 69.9 Å². The fourth-order valence-electron chi connectivity index (χ4n) is 3.31. The molecule has 1 aliphatic rings. The fraction of sp³-hybridized carbons (Fsp3) is 0.810. The van der Waals surface area contributed by atoms with Crippen LogP contribution in [0, 0.1) is 0 Å². The van der Waals surface area contributed by atoms with E-state index in [9.17, 15) is 15.3 Å². The van der Waals surface area contributed by atoms with Crippen LogP contribution in [0.2, 0.25) is 37.8 Å². The quantitative estimate of drug-likeness (QED) is 0.427. The summed E-state index contributed by atoms with van der Waals surface area (Å²) in [6, 6.07) is 0. The van der Waals surface area contributed by atoms with Gasteiger partial charge in [0.1, 0.15) is 5.60 Å². The van der Waals surface area contributed by atoms with E-state index in [1.54, 1.807) is 6.08 Å². The third-order valence-electron chi connectivity index (χ3n) is 6.18. The van der Waals surface area contributed by atoms with Crippen molar-refractivity contribution in [3.8, 4) is 0 Å². The Balaban J connectivity index is 2.94. The summed E-state index contributed by atoms with van der Waals surface area (Å²) in [5, 5.41) is 32.5. The van der Waals surface area contributed by atoms with Gasteiger partial charge in [0.05, 0.1) is 19.9 Å². The van der Waals surface area contributed by atoms with Crippen LogP contribution in [0.25, 0.3) is 0 Å². The molecule has 6 heteroatoms. The molecule has 3 atom stereocenters. The molecule has 0 aliphatic heterocycles. The van der Waals surface area contributed by atoms with Crippen molar-refractivity contribution in [3.05, 3.63) is 23.3 Å². The molecular weight excluding hydrogens is 372 g/mol. The Morgan fingerprint density at radius 2 is 1.85 bits per heavy atom. The van der Waals surface area contributed by atoms with Crippen LogP contribution in [0.1, 0.15) is 47.0 Å². The molecule has 4 nitrogen and oxygen atoms in total. The van der Waals surface area contributed by atoms with Crippen LogP contribution < -0.4 is 0 Å². The van der Waals surface area contributed by atoms with Gasteiger partial charge >= 0.3 is 0 Å². The summed E-state index contributed by atoms with van der Waals surface area (Å²) in [4.78, 5) is 0. The number of hydrogen-bond acceptors (Lipinski definition) is 4. The van der Waals surface area contributed by atoms with Crippen molar-refractivity contribution < 1.29 is 19.7 Å². The van der Waals surface area contributed by atoms with E-state index < -0.39 is 33.8 Å². The predicted octanol–water partition coefficient (Wildman–Crippen LogP) is 4.40. The van der Waals surface area contributed by atoms with Gasteiger partial charge in [0, 0.05) is 6.61 Å². The Morgan fingerprint density at radius 1 is 1.30 bits per heavy atom. The van der Waals surface area contributed by atoms with Crippen molar-refractivity contribution in [2.24, 2.45) is 0 Å². The third kappa shape index (κ3) is 6.11. The first kappa shape index (κ1) is 24.8. The zero-order valence-corrected chi connectivity index (χ0v) is 20.9. The van der Waals surface area contributed by atoms with E-state index in [1.807, 2.05) is 6.92 Å². The van der Waals surface area contributed by atoms with Crippen molar-refractivity contribution in [2.45, 2.75) is 102 Å². The zero-order chi connectivity index (χ0) is 21.3.